The lowest BCUT2D eigenvalue weighted by atomic mass is 10.1. The Hall–Kier alpha value is -2.45. The number of aromatic nitrogens is 1. The molecule has 2 N–H and O–H groups in total. The molecule has 1 aromatic heterocycles. The van der Waals surface area contributed by atoms with Crippen molar-refractivity contribution in [3.8, 4) is 0 Å². The largest absolute Gasteiger partial charge is 0.381 e. The van der Waals surface area contributed by atoms with E-state index in [0.29, 0.717) is 43.3 Å². The molecule has 0 spiro atoms. The maximum Gasteiger partial charge on any atom is 0.245 e. The number of fused-ring (bicyclic) bond motifs is 3. The number of ether oxygens (including phenoxy) is 1. The average Bonchev–Trinajstić information content (AvgIpc) is 3.15. The van der Waals surface area contributed by atoms with Gasteiger partial charge in [-0.3, -0.25) is 9.59 Å². The molecule has 2 unspecified atom stereocenters. The molecule has 1 saturated carbocycles. The lowest BCUT2D eigenvalue weighted by molar-refractivity contribution is -0.132. The van der Waals surface area contributed by atoms with Crippen molar-refractivity contribution in [2.45, 2.75) is 25.4 Å². The average molecular weight is 410 g/mol. The van der Waals surface area contributed by atoms with E-state index in [-0.39, 0.29) is 23.8 Å². The van der Waals surface area contributed by atoms with E-state index < -0.39 is 0 Å². The summed E-state index contributed by atoms with van der Waals surface area (Å²) in [4.78, 5) is 33.1. The molecule has 7 nitrogen and oxygen atoms in total. The van der Waals surface area contributed by atoms with E-state index in [0.717, 1.165) is 29.1 Å². The molecule has 1 aromatic carbocycles. The molecule has 3 aliphatic heterocycles. The summed E-state index contributed by atoms with van der Waals surface area (Å²) in [5, 5.41) is 7.01. The second-order valence-corrected chi connectivity index (χ2v) is 9.42. The third-order valence-electron chi connectivity index (χ3n) is 6.60. The number of carbonyl (C=O) groups is 2. The fourth-order valence-corrected chi connectivity index (χ4v) is 5.95. The number of thiazole rings is 1. The van der Waals surface area contributed by atoms with Gasteiger partial charge in [0.25, 0.3) is 0 Å². The smallest absolute Gasteiger partial charge is 0.245 e. The standard InChI is InChI=1S/C21H22N4O3S/c26-19(18-12-9-28-10-13(12)18)24-21-23-15-5-6-25(8-17(15)29-21)20(27)16-7-11-3-1-2-4-14(11)22-16/h1-4,12-13,16,18,22H,5-10H2,(H,23,24,26)/t12-,13+,16?,18?. The predicted octanol–water partition coefficient (Wildman–Crippen LogP) is 1.90. The summed E-state index contributed by atoms with van der Waals surface area (Å²) in [6.07, 6.45) is 1.46. The highest BCUT2D eigenvalue weighted by Gasteiger charge is 2.58. The van der Waals surface area contributed by atoms with Gasteiger partial charge in [0, 0.05) is 35.9 Å². The van der Waals surface area contributed by atoms with Crippen LogP contribution in [-0.2, 0) is 33.7 Å². The quantitative estimate of drug-likeness (QED) is 0.808. The van der Waals surface area contributed by atoms with Crippen LogP contribution >= 0.6 is 11.3 Å². The molecule has 29 heavy (non-hydrogen) atoms. The molecule has 6 rings (SSSR count). The zero-order valence-electron chi connectivity index (χ0n) is 15.9. The van der Waals surface area contributed by atoms with Crippen LogP contribution in [0.15, 0.2) is 24.3 Å². The molecule has 2 aromatic rings. The first-order valence-corrected chi connectivity index (χ1v) is 11.0. The normalized spacial score (nSPS) is 28.9. The van der Waals surface area contributed by atoms with Gasteiger partial charge in [-0.05, 0) is 23.5 Å². The van der Waals surface area contributed by atoms with Gasteiger partial charge in [0.2, 0.25) is 11.8 Å². The molecule has 1 saturated heterocycles. The monoisotopic (exact) mass is 410 g/mol. The number of hydrogen-bond acceptors (Lipinski definition) is 6. The number of benzene rings is 1. The Morgan fingerprint density at radius 1 is 1.24 bits per heavy atom. The van der Waals surface area contributed by atoms with Gasteiger partial charge in [-0.15, -0.1) is 0 Å². The second kappa shape index (κ2) is 6.53. The Labute approximate surface area is 172 Å². The van der Waals surface area contributed by atoms with Crippen LogP contribution in [-0.4, -0.2) is 47.5 Å². The van der Waals surface area contributed by atoms with Gasteiger partial charge in [0.1, 0.15) is 6.04 Å². The molecule has 0 bridgehead atoms. The fourth-order valence-electron chi connectivity index (χ4n) is 4.92. The molecule has 0 radical (unpaired) electrons. The second-order valence-electron chi connectivity index (χ2n) is 8.34. The minimum absolute atomic E-state index is 0.0650. The van der Waals surface area contributed by atoms with Gasteiger partial charge in [-0.2, -0.15) is 0 Å². The summed E-state index contributed by atoms with van der Waals surface area (Å²) in [6, 6.07) is 7.89. The number of nitrogens with one attached hydrogen (secondary N) is 2. The van der Waals surface area contributed by atoms with Crippen LogP contribution in [0.5, 0.6) is 0 Å². The lowest BCUT2D eigenvalue weighted by Crippen LogP contribution is -2.44. The zero-order chi connectivity index (χ0) is 19.5. The van der Waals surface area contributed by atoms with Gasteiger partial charge in [0.15, 0.2) is 5.13 Å². The van der Waals surface area contributed by atoms with E-state index in [1.165, 1.54) is 16.9 Å². The predicted molar refractivity (Wildman–Crippen MR) is 109 cm³/mol. The number of anilines is 2. The van der Waals surface area contributed by atoms with Crippen LogP contribution in [0, 0.1) is 17.8 Å². The van der Waals surface area contributed by atoms with E-state index >= 15 is 0 Å². The number of hydrogen-bond donors (Lipinski definition) is 2. The molecule has 8 heteroatoms. The van der Waals surface area contributed by atoms with E-state index in [1.54, 1.807) is 0 Å². The lowest BCUT2D eigenvalue weighted by Gasteiger charge is -2.28. The topological polar surface area (TPSA) is 83.6 Å². The highest BCUT2D eigenvalue weighted by molar-refractivity contribution is 7.15. The van der Waals surface area contributed by atoms with Gasteiger partial charge in [-0.25, -0.2) is 4.98 Å². The number of amides is 2. The van der Waals surface area contributed by atoms with Crippen LogP contribution in [0.1, 0.15) is 16.1 Å². The Kier molecular flexibility index (Phi) is 3.92. The fraction of sp³-hybridized carbons (Fsp3) is 0.476. The van der Waals surface area contributed by atoms with Gasteiger partial charge >= 0.3 is 0 Å². The van der Waals surface area contributed by atoms with E-state index in [2.05, 4.69) is 21.7 Å². The molecule has 4 aliphatic rings. The van der Waals surface area contributed by atoms with Crippen LogP contribution in [0.2, 0.25) is 0 Å². The number of para-hydroxylation sites is 1. The van der Waals surface area contributed by atoms with E-state index in [4.69, 9.17) is 4.74 Å². The van der Waals surface area contributed by atoms with Gasteiger partial charge < -0.3 is 20.3 Å². The van der Waals surface area contributed by atoms with Crippen molar-refractivity contribution in [1.82, 2.24) is 9.88 Å². The third kappa shape index (κ3) is 2.93. The molecule has 4 heterocycles. The summed E-state index contributed by atoms with van der Waals surface area (Å²) < 4.78 is 5.36. The van der Waals surface area contributed by atoms with Crippen molar-refractivity contribution in [2.75, 3.05) is 30.4 Å². The minimum atomic E-state index is -0.197. The Balaban J connectivity index is 1.11. The molecule has 1 aliphatic carbocycles. The number of rotatable bonds is 3. The first kappa shape index (κ1) is 17.4. The molecular formula is C21H22N4O3S. The first-order valence-electron chi connectivity index (χ1n) is 10.2. The van der Waals surface area contributed by atoms with Crippen LogP contribution in [0.4, 0.5) is 10.8 Å². The highest BCUT2D eigenvalue weighted by atomic mass is 32.1. The Morgan fingerprint density at radius 3 is 2.90 bits per heavy atom. The molecular weight excluding hydrogens is 388 g/mol. The molecule has 2 fully saturated rings. The molecule has 4 atom stereocenters. The van der Waals surface area contributed by atoms with Crippen molar-refractivity contribution in [3.63, 3.8) is 0 Å². The summed E-state index contributed by atoms with van der Waals surface area (Å²) >= 11 is 1.50. The van der Waals surface area contributed by atoms with Crippen molar-refractivity contribution in [3.05, 3.63) is 40.4 Å². The Bertz CT molecular complexity index is 971. The minimum Gasteiger partial charge on any atom is -0.381 e. The van der Waals surface area contributed by atoms with Gasteiger partial charge in [0.05, 0.1) is 25.5 Å². The first-order chi connectivity index (χ1) is 14.2. The van der Waals surface area contributed by atoms with Crippen molar-refractivity contribution in [1.29, 1.82) is 0 Å². The number of carbonyl (C=O) groups excluding carboxylic acids is 2. The van der Waals surface area contributed by atoms with Crippen molar-refractivity contribution < 1.29 is 14.3 Å². The van der Waals surface area contributed by atoms with Gasteiger partial charge in [-0.1, -0.05) is 29.5 Å². The van der Waals surface area contributed by atoms with Crippen molar-refractivity contribution >= 4 is 34.0 Å². The highest BCUT2D eigenvalue weighted by Crippen LogP contribution is 2.51. The summed E-state index contributed by atoms with van der Waals surface area (Å²) in [7, 11) is 0. The maximum atomic E-state index is 13.0. The van der Waals surface area contributed by atoms with E-state index in [1.807, 2.05) is 23.1 Å². The Morgan fingerprint density at radius 2 is 2.07 bits per heavy atom. The summed E-state index contributed by atoms with van der Waals surface area (Å²) in [6.45, 7) is 2.64. The van der Waals surface area contributed by atoms with Crippen LogP contribution < -0.4 is 10.6 Å². The van der Waals surface area contributed by atoms with E-state index in [9.17, 15) is 9.59 Å². The number of nitrogens with zero attached hydrogens (tertiary/aromatic N) is 2. The third-order valence-corrected chi connectivity index (χ3v) is 7.60. The maximum absolute atomic E-state index is 13.0. The molecule has 150 valence electrons. The van der Waals surface area contributed by atoms with Crippen LogP contribution in [0.25, 0.3) is 0 Å². The summed E-state index contributed by atoms with van der Waals surface area (Å²) in [5.41, 5.74) is 3.26. The zero-order valence-corrected chi connectivity index (χ0v) is 16.7. The molecule has 2 amide bonds. The summed E-state index contributed by atoms with van der Waals surface area (Å²) in [5.74, 6) is 1.06. The van der Waals surface area contributed by atoms with Crippen LogP contribution in [0.3, 0.4) is 0 Å². The van der Waals surface area contributed by atoms with Crippen molar-refractivity contribution in [2.24, 2.45) is 17.8 Å². The SMILES string of the molecule is O=C(Nc1nc2c(s1)CN(C(=O)C1Cc3ccccc3N1)CC2)C1[C@H]2COC[C@@H]12.